The summed E-state index contributed by atoms with van der Waals surface area (Å²) in [6.45, 7) is 1.64. The van der Waals surface area contributed by atoms with Crippen molar-refractivity contribution in [2.45, 2.75) is 6.92 Å². The van der Waals surface area contributed by atoms with Gasteiger partial charge in [-0.05, 0) is 49.4 Å². The van der Waals surface area contributed by atoms with Crippen LogP contribution in [0.25, 0.3) is 0 Å². The third-order valence-electron chi connectivity index (χ3n) is 4.27. The molecule has 3 aromatic carbocycles. The number of rotatable bonds is 7. The third-order valence-corrected chi connectivity index (χ3v) is 4.76. The van der Waals surface area contributed by atoms with Crippen LogP contribution in [0.5, 0.6) is 5.75 Å². The Morgan fingerprint density at radius 1 is 0.969 bits per heavy atom. The van der Waals surface area contributed by atoms with Crippen molar-refractivity contribution in [1.82, 2.24) is 10.7 Å². The first kappa shape index (κ1) is 22.9. The van der Waals surface area contributed by atoms with Crippen LogP contribution in [0, 0.1) is 6.92 Å². The van der Waals surface area contributed by atoms with Crippen molar-refractivity contribution in [3.63, 3.8) is 0 Å². The molecule has 0 radical (unpaired) electrons. The summed E-state index contributed by atoms with van der Waals surface area (Å²) in [7, 11) is 0. The van der Waals surface area contributed by atoms with Crippen LogP contribution in [0.4, 0.5) is 0 Å². The smallest absolute Gasteiger partial charge is 0.343 e. The van der Waals surface area contributed by atoms with E-state index >= 15 is 0 Å². The van der Waals surface area contributed by atoms with Crippen LogP contribution >= 0.6 is 15.9 Å². The molecular weight excluding hydrogens is 474 g/mol. The number of hydrogen-bond donors (Lipinski definition) is 2. The molecular formula is C24H20BrN3O4. The Kier molecular flexibility index (Phi) is 7.88. The lowest BCUT2D eigenvalue weighted by Gasteiger charge is -2.08. The standard InChI is InChI=1S/C24H20BrN3O4/c1-16-6-5-9-18(12-16)23(30)26-15-22(29)28-27-14-19-13-20(25)10-11-21(19)32-24(31)17-7-3-2-4-8-17/h2-14H,15H2,1H3,(H,26,30)(H,28,29). The van der Waals surface area contributed by atoms with Gasteiger partial charge < -0.3 is 10.1 Å². The van der Waals surface area contributed by atoms with E-state index in [2.05, 4.69) is 31.8 Å². The molecule has 0 aliphatic carbocycles. The zero-order valence-corrected chi connectivity index (χ0v) is 18.8. The number of benzene rings is 3. The molecule has 0 bridgehead atoms. The van der Waals surface area contributed by atoms with E-state index in [1.807, 2.05) is 13.0 Å². The summed E-state index contributed by atoms with van der Waals surface area (Å²) in [5.74, 6) is -1.08. The van der Waals surface area contributed by atoms with E-state index in [0.717, 1.165) is 10.0 Å². The predicted octanol–water partition coefficient (Wildman–Crippen LogP) is 3.86. The van der Waals surface area contributed by atoms with E-state index in [4.69, 9.17) is 4.74 Å². The summed E-state index contributed by atoms with van der Waals surface area (Å²) in [5.41, 5.74) is 4.65. The fourth-order valence-corrected chi connectivity index (χ4v) is 3.09. The zero-order chi connectivity index (χ0) is 22.9. The highest BCUT2D eigenvalue weighted by atomic mass is 79.9. The number of carbonyl (C=O) groups excluding carboxylic acids is 3. The second kappa shape index (κ2) is 11.0. The van der Waals surface area contributed by atoms with Crippen LogP contribution in [-0.4, -0.2) is 30.5 Å². The molecule has 3 rings (SSSR count). The monoisotopic (exact) mass is 493 g/mol. The molecule has 7 nitrogen and oxygen atoms in total. The first-order valence-corrected chi connectivity index (χ1v) is 10.5. The number of hydrazone groups is 1. The van der Waals surface area contributed by atoms with Gasteiger partial charge in [0.25, 0.3) is 11.8 Å². The largest absolute Gasteiger partial charge is 0.422 e. The Labute approximate surface area is 193 Å². The molecule has 8 heteroatoms. The minimum absolute atomic E-state index is 0.238. The van der Waals surface area contributed by atoms with Crippen molar-refractivity contribution >= 4 is 39.9 Å². The van der Waals surface area contributed by atoms with E-state index < -0.39 is 11.9 Å². The SMILES string of the molecule is Cc1cccc(C(=O)NCC(=O)NN=Cc2cc(Br)ccc2OC(=O)c2ccccc2)c1. The molecule has 0 unspecified atom stereocenters. The summed E-state index contributed by atoms with van der Waals surface area (Å²) in [6.07, 6.45) is 1.36. The van der Waals surface area contributed by atoms with E-state index in [-0.39, 0.29) is 18.2 Å². The van der Waals surface area contributed by atoms with Crippen LogP contribution in [0.15, 0.2) is 82.4 Å². The summed E-state index contributed by atoms with van der Waals surface area (Å²) >= 11 is 3.36. The number of carbonyl (C=O) groups is 3. The Morgan fingerprint density at radius 3 is 2.47 bits per heavy atom. The van der Waals surface area contributed by atoms with Crippen molar-refractivity contribution in [3.8, 4) is 5.75 Å². The topological polar surface area (TPSA) is 96.9 Å². The maximum absolute atomic E-state index is 12.3. The molecule has 0 atom stereocenters. The van der Waals surface area contributed by atoms with Crippen LogP contribution in [-0.2, 0) is 4.79 Å². The molecule has 0 aliphatic heterocycles. The molecule has 3 aromatic rings. The second-order valence-electron chi connectivity index (χ2n) is 6.78. The number of ether oxygens (including phenoxy) is 1. The number of nitrogens with one attached hydrogen (secondary N) is 2. The van der Waals surface area contributed by atoms with Gasteiger partial charge in [0, 0.05) is 15.6 Å². The second-order valence-corrected chi connectivity index (χ2v) is 7.70. The van der Waals surface area contributed by atoms with Crippen molar-refractivity contribution in [2.75, 3.05) is 6.54 Å². The van der Waals surface area contributed by atoms with Gasteiger partial charge in [0.15, 0.2) is 0 Å². The van der Waals surface area contributed by atoms with Crippen molar-refractivity contribution in [3.05, 3.63) is 99.5 Å². The van der Waals surface area contributed by atoms with Gasteiger partial charge >= 0.3 is 5.97 Å². The fraction of sp³-hybridized carbons (Fsp3) is 0.0833. The maximum atomic E-state index is 12.3. The fourth-order valence-electron chi connectivity index (χ4n) is 2.71. The Morgan fingerprint density at radius 2 is 1.72 bits per heavy atom. The van der Waals surface area contributed by atoms with Gasteiger partial charge in [0.05, 0.1) is 18.3 Å². The van der Waals surface area contributed by atoms with Crippen molar-refractivity contribution in [1.29, 1.82) is 0 Å². The van der Waals surface area contributed by atoms with Crippen LogP contribution < -0.4 is 15.5 Å². The van der Waals surface area contributed by atoms with Gasteiger partial charge in [0.1, 0.15) is 5.75 Å². The normalized spacial score (nSPS) is 10.6. The molecule has 0 aromatic heterocycles. The number of nitrogens with zero attached hydrogens (tertiary/aromatic N) is 1. The minimum Gasteiger partial charge on any atom is -0.422 e. The summed E-state index contributed by atoms with van der Waals surface area (Å²) in [6, 6.07) is 20.7. The van der Waals surface area contributed by atoms with Gasteiger partial charge in [-0.2, -0.15) is 5.10 Å². The average Bonchev–Trinajstić information content (AvgIpc) is 2.79. The number of esters is 1. The van der Waals surface area contributed by atoms with E-state index in [0.29, 0.717) is 16.7 Å². The molecule has 2 N–H and O–H groups in total. The highest BCUT2D eigenvalue weighted by Crippen LogP contribution is 2.23. The van der Waals surface area contributed by atoms with Crippen LogP contribution in [0.3, 0.4) is 0 Å². The summed E-state index contributed by atoms with van der Waals surface area (Å²) < 4.78 is 6.21. The summed E-state index contributed by atoms with van der Waals surface area (Å²) in [5, 5.41) is 6.44. The van der Waals surface area contributed by atoms with E-state index in [9.17, 15) is 14.4 Å². The third kappa shape index (κ3) is 6.61. The molecule has 32 heavy (non-hydrogen) atoms. The number of hydrogen-bond acceptors (Lipinski definition) is 5. The maximum Gasteiger partial charge on any atom is 0.343 e. The van der Waals surface area contributed by atoms with Crippen molar-refractivity contribution in [2.24, 2.45) is 5.10 Å². The molecule has 0 saturated heterocycles. The number of halogens is 1. The van der Waals surface area contributed by atoms with Gasteiger partial charge in [-0.1, -0.05) is 51.8 Å². The summed E-state index contributed by atoms with van der Waals surface area (Å²) in [4.78, 5) is 36.5. The quantitative estimate of drug-likeness (QED) is 0.226. The first-order valence-electron chi connectivity index (χ1n) is 9.66. The molecule has 0 spiro atoms. The van der Waals surface area contributed by atoms with E-state index in [1.165, 1.54) is 6.21 Å². The van der Waals surface area contributed by atoms with Gasteiger partial charge in [-0.15, -0.1) is 0 Å². The highest BCUT2D eigenvalue weighted by molar-refractivity contribution is 9.10. The van der Waals surface area contributed by atoms with Gasteiger partial charge in [0.2, 0.25) is 0 Å². The van der Waals surface area contributed by atoms with Crippen molar-refractivity contribution < 1.29 is 19.1 Å². The lowest BCUT2D eigenvalue weighted by atomic mass is 10.1. The van der Waals surface area contributed by atoms with Crippen LogP contribution in [0.2, 0.25) is 0 Å². The molecule has 0 fully saturated rings. The Bertz CT molecular complexity index is 1160. The highest BCUT2D eigenvalue weighted by Gasteiger charge is 2.12. The predicted molar refractivity (Wildman–Crippen MR) is 125 cm³/mol. The van der Waals surface area contributed by atoms with Crippen LogP contribution in [0.1, 0.15) is 31.8 Å². The molecule has 0 saturated carbocycles. The van der Waals surface area contributed by atoms with Gasteiger partial charge in [-0.3, -0.25) is 9.59 Å². The Balaban J connectivity index is 1.58. The minimum atomic E-state index is -0.509. The molecule has 0 aliphatic rings. The lowest BCUT2D eigenvalue weighted by Crippen LogP contribution is -2.34. The first-order chi connectivity index (χ1) is 15.4. The number of amides is 2. The van der Waals surface area contributed by atoms with Gasteiger partial charge in [-0.25, -0.2) is 10.2 Å². The average molecular weight is 494 g/mol. The molecule has 0 heterocycles. The molecule has 2 amide bonds. The Hall–Kier alpha value is -3.78. The molecule has 162 valence electrons. The zero-order valence-electron chi connectivity index (χ0n) is 17.2. The van der Waals surface area contributed by atoms with E-state index in [1.54, 1.807) is 66.7 Å². The number of aryl methyl sites for hydroxylation is 1. The lowest BCUT2D eigenvalue weighted by molar-refractivity contribution is -0.120.